The lowest BCUT2D eigenvalue weighted by molar-refractivity contribution is 0.484. The standard InChI is InChI=1S/C16H23Cl2N/c1-3-5-6-7-8-9-16(19-4-2)13-10-14(17)12-15(18)11-13/h3,10-12,16,19H,1,4-9H2,2H3. The molecule has 3 heteroatoms. The smallest absolute Gasteiger partial charge is 0.0424 e. The highest BCUT2D eigenvalue weighted by molar-refractivity contribution is 6.34. The van der Waals surface area contributed by atoms with E-state index in [9.17, 15) is 0 Å². The van der Waals surface area contributed by atoms with E-state index in [1.807, 2.05) is 18.2 Å². The van der Waals surface area contributed by atoms with Gasteiger partial charge in [-0.2, -0.15) is 0 Å². The van der Waals surface area contributed by atoms with Crippen LogP contribution < -0.4 is 5.32 Å². The number of allylic oxidation sites excluding steroid dienone is 1. The fraction of sp³-hybridized carbons (Fsp3) is 0.500. The first kappa shape index (κ1) is 16.6. The molecule has 1 atom stereocenters. The van der Waals surface area contributed by atoms with Crippen LogP contribution in [0.25, 0.3) is 0 Å². The Bertz CT molecular complexity index is 370. The molecule has 0 radical (unpaired) electrons. The van der Waals surface area contributed by atoms with Crippen molar-refractivity contribution in [1.82, 2.24) is 5.32 Å². The van der Waals surface area contributed by atoms with Crippen LogP contribution in [0.3, 0.4) is 0 Å². The number of halogens is 2. The van der Waals surface area contributed by atoms with E-state index in [-0.39, 0.29) is 0 Å². The molecule has 0 amide bonds. The van der Waals surface area contributed by atoms with Crippen LogP contribution in [0.1, 0.15) is 50.6 Å². The van der Waals surface area contributed by atoms with Crippen molar-refractivity contribution in [3.8, 4) is 0 Å². The van der Waals surface area contributed by atoms with Crippen molar-refractivity contribution in [1.29, 1.82) is 0 Å². The summed E-state index contributed by atoms with van der Waals surface area (Å²) < 4.78 is 0. The fourth-order valence-electron chi connectivity index (χ4n) is 2.22. The molecular formula is C16H23Cl2N. The molecule has 0 aliphatic rings. The molecule has 0 aliphatic carbocycles. The Morgan fingerprint density at radius 3 is 2.42 bits per heavy atom. The fourth-order valence-corrected chi connectivity index (χ4v) is 2.77. The van der Waals surface area contributed by atoms with Crippen molar-refractivity contribution in [2.24, 2.45) is 0 Å². The Labute approximate surface area is 127 Å². The van der Waals surface area contributed by atoms with Gasteiger partial charge in [0.1, 0.15) is 0 Å². The minimum atomic E-state index is 0.338. The summed E-state index contributed by atoms with van der Waals surface area (Å²) in [6.07, 6.45) is 7.87. The van der Waals surface area contributed by atoms with E-state index in [0.29, 0.717) is 16.1 Å². The molecule has 0 aromatic heterocycles. The van der Waals surface area contributed by atoms with Gasteiger partial charge in [0.2, 0.25) is 0 Å². The lowest BCUT2D eigenvalue weighted by atomic mass is 10.00. The summed E-state index contributed by atoms with van der Waals surface area (Å²) in [4.78, 5) is 0. The largest absolute Gasteiger partial charge is 0.310 e. The van der Waals surface area contributed by atoms with Crippen LogP contribution in [0.5, 0.6) is 0 Å². The van der Waals surface area contributed by atoms with Crippen molar-refractivity contribution < 1.29 is 0 Å². The number of unbranched alkanes of at least 4 members (excludes halogenated alkanes) is 3. The van der Waals surface area contributed by atoms with Crippen molar-refractivity contribution in [2.45, 2.75) is 45.1 Å². The van der Waals surface area contributed by atoms with Crippen LogP contribution >= 0.6 is 23.2 Å². The summed E-state index contributed by atoms with van der Waals surface area (Å²) >= 11 is 12.1. The van der Waals surface area contributed by atoms with Crippen LogP contribution in [0, 0.1) is 0 Å². The summed E-state index contributed by atoms with van der Waals surface area (Å²) in [6, 6.07) is 6.12. The van der Waals surface area contributed by atoms with Gasteiger partial charge in [0, 0.05) is 16.1 Å². The number of rotatable bonds is 9. The van der Waals surface area contributed by atoms with Crippen LogP contribution in [-0.4, -0.2) is 6.54 Å². The molecule has 0 spiro atoms. The third-order valence-electron chi connectivity index (χ3n) is 3.14. The van der Waals surface area contributed by atoms with Gasteiger partial charge in [-0.25, -0.2) is 0 Å². The van der Waals surface area contributed by atoms with E-state index < -0.39 is 0 Å². The minimum Gasteiger partial charge on any atom is -0.310 e. The molecule has 0 heterocycles. The second kappa shape index (κ2) is 9.41. The first-order chi connectivity index (χ1) is 9.17. The average Bonchev–Trinajstić information content (AvgIpc) is 2.36. The zero-order valence-corrected chi connectivity index (χ0v) is 13.1. The maximum atomic E-state index is 6.07. The van der Waals surface area contributed by atoms with Gasteiger partial charge in [-0.1, -0.05) is 49.0 Å². The summed E-state index contributed by atoms with van der Waals surface area (Å²) in [5, 5.41) is 4.92. The predicted octanol–water partition coefficient (Wildman–Crippen LogP) is 5.78. The van der Waals surface area contributed by atoms with E-state index in [0.717, 1.165) is 19.4 Å². The lowest BCUT2D eigenvalue weighted by Gasteiger charge is -2.19. The highest BCUT2D eigenvalue weighted by Crippen LogP contribution is 2.26. The molecule has 19 heavy (non-hydrogen) atoms. The first-order valence-corrected chi connectivity index (χ1v) is 7.73. The number of nitrogens with one attached hydrogen (secondary N) is 1. The van der Waals surface area contributed by atoms with Gasteiger partial charge >= 0.3 is 0 Å². The molecule has 0 saturated carbocycles. The van der Waals surface area contributed by atoms with Gasteiger partial charge in [0.25, 0.3) is 0 Å². The first-order valence-electron chi connectivity index (χ1n) is 6.97. The summed E-state index contributed by atoms with van der Waals surface area (Å²) in [7, 11) is 0. The Hall–Kier alpha value is -0.500. The van der Waals surface area contributed by atoms with Crippen molar-refractivity contribution in [2.75, 3.05) is 6.54 Å². The van der Waals surface area contributed by atoms with Gasteiger partial charge in [0.05, 0.1) is 0 Å². The van der Waals surface area contributed by atoms with Gasteiger partial charge in [-0.05, 0) is 49.6 Å². The average molecular weight is 300 g/mol. The van der Waals surface area contributed by atoms with Crippen LogP contribution in [0.4, 0.5) is 0 Å². The minimum absolute atomic E-state index is 0.338. The van der Waals surface area contributed by atoms with Crippen LogP contribution in [0.15, 0.2) is 30.9 Å². The molecular weight excluding hydrogens is 277 g/mol. The summed E-state index contributed by atoms with van der Waals surface area (Å²) in [5.41, 5.74) is 1.18. The Kier molecular flexibility index (Phi) is 8.20. The lowest BCUT2D eigenvalue weighted by Crippen LogP contribution is -2.20. The molecule has 1 nitrogen and oxygen atoms in total. The molecule has 1 rings (SSSR count). The second-order valence-corrected chi connectivity index (χ2v) is 5.61. The monoisotopic (exact) mass is 299 g/mol. The molecule has 106 valence electrons. The summed E-state index contributed by atoms with van der Waals surface area (Å²) in [5.74, 6) is 0. The number of benzene rings is 1. The maximum absolute atomic E-state index is 6.07. The molecule has 0 fully saturated rings. The van der Waals surface area contributed by atoms with E-state index in [4.69, 9.17) is 23.2 Å². The van der Waals surface area contributed by atoms with Crippen LogP contribution in [-0.2, 0) is 0 Å². The van der Waals surface area contributed by atoms with E-state index in [2.05, 4.69) is 18.8 Å². The van der Waals surface area contributed by atoms with Gasteiger partial charge in [0.15, 0.2) is 0 Å². The highest BCUT2D eigenvalue weighted by Gasteiger charge is 2.11. The highest BCUT2D eigenvalue weighted by atomic mass is 35.5. The molecule has 0 aliphatic heterocycles. The van der Waals surface area contributed by atoms with Crippen LogP contribution in [0.2, 0.25) is 10.0 Å². The van der Waals surface area contributed by atoms with E-state index in [1.54, 1.807) is 6.07 Å². The molecule has 0 saturated heterocycles. The third kappa shape index (κ3) is 6.47. The second-order valence-electron chi connectivity index (χ2n) is 4.74. The Morgan fingerprint density at radius 2 is 1.84 bits per heavy atom. The maximum Gasteiger partial charge on any atom is 0.0424 e. The quantitative estimate of drug-likeness (QED) is 0.450. The van der Waals surface area contributed by atoms with Crippen molar-refractivity contribution in [3.63, 3.8) is 0 Å². The SMILES string of the molecule is C=CCCCCCC(NCC)c1cc(Cl)cc(Cl)c1. The van der Waals surface area contributed by atoms with E-state index in [1.165, 1.54) is 24.8 Å². The zero-order chi connectivity index (χ0) is 14.1. The Balaban J connectivity index is 2.57. The number of hydrogen-bond donors (Lipinski definition) is 1. The number of hydrogen-bond acceptors (Lipinski definition) is 1. The normalized spacial score (nSPS) is 12.4. The van der Waals surface area contributed by atoms with Crippen molar-refractivity contribution in [3.05, 3.63) is 46.5 Å². The molecule has 1 aromatic rings. The van der Waals surface area contributed by atoms with Crippen molar-refractivity contribution >= 4 is 23.2 Å². The van der Waals surface area contributed by atoms with Gasteiger partial charge in [-0.3, -0.25) is 0 Å². The molecule has 1 aromatic carbocycles. The van der Waals surface area contributed by atoms with Gasteiger partial charge in [-0.15, -0.1) is 6.58 Å². The topological polar surface area (TPSA) is 12.0 Å². The molecule has 1 N–H and O–H groups in total. The summed E-state index contributed by atoms with van der Waals surface area (Å²) in [6.45, 7) is 6.82. The third-order valence-corrected chi connectivity index (χ3v) is 3.58. The predicted molar refractivity (Wildman–Crippen MR) is 86.2 cm³/mol. The van der Waals surface area contributed by atoms with Gasteiger partial charge < -0.3 is 5.32 Å². The molecule has 0 bridgehead atoms. The Morgan fingerprint density at radius 1 is 1.16 bits per heavy atom. The molecule has 1 unspecified atom stereocenters. The van der Waals surface area contributed by atoms with E-state index >= 15 is 0 Å². The zero-order valence-electron chi connectivity index (χ0n) is 11.6.